The van der Waals surface area contributed by atoms with Crippen LogP contribution in [0.15, 0.2) is 71.2 Å². The number of anilines is 2. The van der Waals surface area contributed by atoms with Crippen molar-refractivity contribution in [1.29, 1.82) is 0 Å². The zero-order valence-electron chi connectivity index (χ0n) is 16.1. The average molecular weight is 475 g/mol. The number of thiazole rings is 1. The molecule has 1 aliphatic heterocycles. The Morgan fingerprint density at radius 1 is 1.16 bits per heavy atom. The predicted molar refractivity (Wildman–Crippen MR) is 124 cm³/mol. The Bertz CT molecular complexity index is 1370. The van der Waals surface area contributed by atoms with E-state index in [0.717, 1.165) is 10.9 Å². The fourth-order valence-corrected chi connectivity index (χ4v) is 5.93. The van der Waals surface area contributed by atoms with Crippen molar-refractivity contribution in [3.05, 3.63) is 71.3 Å². The van der Waals surface area contributed by atoms with Gasteiger partial charge >= 0.3 is 0 Å². The summed E-state index contributed by atoms with van der Waals surface area (Å²) in [5, 5.41) is 3.59. The largest absolute Gasteiger partial charge is 0.334 e. The Kier molecular flexibility index (Phi) is 4.96. The third-order valence-corrected chi connectivity index (χ3v) is 7.79. The number of carbonyl (C=O) groups is 1. The molecule has 0 bridgehead atoms. The Labute approximate surface area is 189 Å². The van der Waals surface area contributed by atoms with Crippen LogP contribution in [0.25, 0.3) is 10.9 Å². The maximum atomic E-state index is 13.2. The van der Waals surface area contributed by atoms with Crippen molar-refractivity contribution in [3.8, 4) is 0 Å². The number of nitrogens with zero attached hydrogens (tertiary/aromatic N) is 3. The van der Waals surface area contributed by atoms with Gasteiger partial charge in [-0.2, -0.15) is 0 Å². The van der Waals surface area contributed by atoms with Gasteiger partial charge in [0.25, 0.3) is 10.0 Å². The first kappa shape index (κ1) is 20.0. The van der Waals surface area contributed by atoms with E-state index in [9.17, 15) is 13.2 Å². The van der Waals surface area contributed by atoms with E-state index in [1.54, 1.807) is 22.4 Å². The van der Waals surface area contributed by atoms with Gasteiger partial charge in [0.05, 0.1) is 15.4 Å². The summed E-state index contributed by atoms with van der Waals surface area (Å²) in [6.07, 6.45) is 4.06. The number of rotatable bonds is 5. The molecule has 0 radical (unpaired) electrons. The van der Waals surface area contributed by atoms with Crippen LogP contribution in [0.5, 0.6) is 0 Å². The summed E-state index contributed by atoms with van der Waals surface area (Å²) < 4.78 is 29.4. The monoisotopic (exact) mass is 474 g/mol. The molecule has 7 nitrogen and oxygen atoms in total. The molecule has 0 aliphatic carbocycles. The number of carbonyl (C=O) groups excluding carboxylic acids is 1. The third kappa shape index (κ3) is 3.58. The van der Waals surface area contributed by atoms with Crippen LogP contribution in [0, 0.1) is 0 Å². The molecule has 0 spiro atoms. The molecule has 1 atom stereocenters. The van der Waals surface area contributed by atoms with E-state index < -0.39 is 10.0 Å². The molecule has 0 saturated carbocycles. The summed E-state index contributed by atoms with van der Waals surface area (Å²) in [5.74, 6) is -0.0473. The van der Waals surface area contributed by atoms with E-state index in [0.29, 0.717) is 28.8 Å². The SMILES string of the molecule is O=C1[C@@H](n2ccc3cccc(Cl)c32)CCN1c1ccc(S(=O)(=O)Nc2nccs2)cc1.[HH]. The quantitative estimate of drug-likeness (QED) is 0.451. The third-order valence-electron chi connectivity index (χ3n) is 5.32. The number of sulfonamides is 1. The number of fused-ring (bicyclic) bond motifs is 1. The summed E-state index contributed by atoms with van der Waals surface area (Å²) in [6.45, 7) is 0.539. The molecule has 0 unspecified atom stereocenters. The van der Waals surface area contributed by atoms with Gasteiger partial charge in [-0.25, -0.2) is 13.4 Å². The number of halogens is 1. The van der Waals surface area contributed by atoms with Gasteiger partial charge in [-0.1, -0.05) is 23.7 Å². The number of para-hydroxylation sites is 1. The van der Waals surface area contributed by atoms with Gasteiger partial charge in [-0.15, -0.1) is 11.3 Å². The number of benzene rings is 2. The maximum Gasteiger partial charge on any atom is 0.263 e. The van der Waals surface area contributed by atoms with Gasteiger partial charge in [0.2, 0.25) is 5.91 Å². The molecule has 4 aromatic rings. The van der Waals surface area contributed by atoms with Gasteiger partial charge in [0.15, 0.2) is 5.13 Å². The molecule has 1 fully saturated rings. The fraction of sp³-hybridized carbons (Fsp3) is 0.143. The molecular formula is C21H19ClN4O3S2. The lowest BCUT2D eigenvalue weighted by molar-refractivity contribution is -0.119. The highest BCUT2D eigenvalue weighted by atomic mass is 35.5. The van der Waals surface area contributed by atoms with Gasteiger partial charge in [0, 0.05) is 36.8 Å². The lowest BCUT2D eigenvalue weighted by Crippen LogP contribution is -2.28. The van der Waals surface area contributed by atoms with E-state index in [1.807, 2.05) is 35.0 Å². The Balaban J connectivity index is 0.00000245. The van der Waals surface area contributed by atoms with E-state index in [1.165, 1.54) is 29.7 Å². The molecular weight excluding hydrogens is 456 g/mol. The zero-order chi connectivity index (χ0) is 21.6. The topological polar surface area (TPSA) is 84.3 Å². The van der Waals surface area contributed by atoms with Crippen LogP contribution in [-0.4, -0.2) is 30.4 Å². The molecule has 2 aromatic heterocycles. The summed E-state index contributed by atoms with van der Waals surface area (Å²) >= 11 is 7.58. The van der Waals surface area contributed by atoms with E-state index in [-0.39, 0.29) is 18.3 Å². The van der Waals surface area contributed by atoms with Crippen LogP contribution in [0.1, 0.15) is 13.9 Å². The first-order valence-electron chi connectivity index (χ1n) is 9.53. The van der Waals surface area contributed by atoms with E-state index >= 15 is 0 Å². The van der Waals surface area contributed by atoms with Crippen LogP contribution in [0.4, 0.5) is 10.8 Å². The molecule has 31 heavy (non-hydrogen) atoms. The fourth-order valence-electron chi connectivity index (χ4n) is 3.87. The molecule has 3 heterocycles. The summed E-state index contributed by atoms with van der Waals surface area (Å²) in [4.78, 5) is 18.9. The minimum Gasteiger partial charge on any atom is -0.334 e. The average Bonchev–Trinajstić information content (AvgIpc) is 3.48. The van der Waals surface area contributed by atoms with Gasteiger partial charge in [-0.3, -0.25) is 9.52 Å². The Morgan fingerprint density at radius 3 is 2.71 bits per heavy atom. The number of aromatic nitrogens is 2. The zero-order valence-corrected chi connectivity index (χ0v) is 18.5. The van der Waals surface area contributed by atoms with Crippen LogP contribution in [0.3, 0.4) is 0 Å². The molecule has 1 N–H and O–H groups in total. The Morgan fingerprint density at radius 2 is 1.97 bits per heavy atom. The lowest BCUT2D eigenvalue weighted by atomic mass is 10.2. The van der Waals surface area contributed by atoms with E-state index in [2.05, 4.69) is 9.71 Å². The van der Waals surface area contributed by atoms with E-state index in [4.69, 9.17) is 11.6 Å². The molecule has 1 aliphatic rings. The number of amides is 1. The van der Waals surface area contributed by atoms with Crippen molar-refractivity contribution >= 4 is 60.6 Å². The smallest absolute Gasteiger partial charge is 0.263 e. The van der Waals surface area contributed by atoms with Gasteiger partial charge in [0.1, 0.15) is 6.04 Å². The molecule has 1 amide bonds. The van der Waals surface area contributed by atoms with Crippen molar-refractivity contribution in [2.45, 2.75) is 17.4 Å². The molecule has 2 aromatic carbocycles. The lowest BCUT2D eigenvalue weighted by Gasteiger charge is -2.18. The second-order valence-electron chi connectivity index (χ2n) is 7.13. The standard InChI is InChI=1S/C21H17ClN4O3S2.H2/c22-17-3-1-2-14-8-11-26(19(14)17)18-9-12-25(20(18)27)15-4-6-16(7-5-15)31(28,29)24-21-23-10-13-30-21;/h1-8,10-11,13,18H,9,12H2,(H,23,24);1H/t18-;/m0./s1. The summed E-state index contributed by atoms with van der Waals surface area (Å²) in [7, 11) is -3.74. The summed E-state index contributed by atoms with van der Waals surface area (Å²) in [5.41, 5.74) is 1.50. The first-order chi connectivity index (χ1) is 14.9. The molecule has 1 saturated heterocycles. The summed E-state index contributed by atoms with van der Waals surface area (Å²) in [6, 6.07) is 13.6. The van der Waals surface area contributed by atoms with Gasteiger partial charge < -0.3 is 9.47 Å². The number of hydrogen-bond acceptors (Lipinski definition) is 5. The minimum absolute atomic E-state index is 0. The van der Waals surface area contributed by atoms with Crippen molar-refractivity contribution in [2.24, 2.45) is 0 Å². The second kappa shape index (κ2) is 7.67. The van der Waals surface area contributed by atoms with Crippen LogP contribution in [0.2, 0.25) is 5.02 Å². The first-order valence-corrected chi connectivity index (χ1v) is 12.3. The highest BCUT2D eigenvalue weighted by molar-refractivity contribution is 7.93. The van der Waals surface area contributed by atoms with Crippen LogP contribution >= 0.6 is 22.9 Å². The van der Waals surface area contributed by atoms with Crippen LogP contribution < -0.4 is 9.62 Å². The Hall–Kier alpha value is -2.88. The minimum atomic E-state index is -3.74. The highest BCUT2D eigenvalue weighted by Gasteiger charge is 2.34. The number of nitrogens with one attached hydrogen (secondary N) is 1. The van der Waals surface area contributed by atoms with Gasteiger partial charge in [-0.05, 0) is 42.8 Å². The number of hydrogen-bond donors (Lipinski definition) is 1. The molecule has 10 heteroatoms. The molecule has 160 valence electrons. The highest BCUT2D eigenvalue weighted by Crippen LogP contribution is 2.34. The maximum absolute atomic E-state index is 13.2. The van der Waals surface area contributed by atoms with Crippen molar-refractivity contribution in [3.63, 3.8) is 0 Å². The normalized spacial score (nSPS) is 16.9. The van der Waals surface area contributed by atoms with Crippen molar-refractivity contribution in [1.82, 2.24) is 9.55 Å². The predicted octanol–water partition coefficient (Wildman–Crippen LogP) is 4.78. The molecule has 5 rings (SSSR count). The van der Waals surface area contributed by atoms with Crippen molar-refractivity contribution in [2.75, 3.05) is 16.2 Å². The van der Waals surface area contributed by atoms with Crippen molar-refractivity contribution < 1.29 is 14.6 Å². The second-order valence-corrected chi connectivity index (χ2v) is 10.1. The van der Waals surface area contributed by atoms with Crippen LogP contribution in [-0.2, 0) is 14.8 Å².